The molecule has 1 aliphatic rings. The van der Waals surface area contributed by atoms with Gasteiger partial charge in [-0.2, -0.15) is 24.7 Å². The molecule has 0 aliphatic heterocycles. The average Bonchev–Trinajstić information content (AvgIpc) is 2.95. The molecule has 2 aromatic heterocycles. The van der Waals surface area contributed by atoms with Gasteiger partial charge in [-0.1, -0.05) is 13.8 Å². The SMILES string of the molecule is CC1(C)CCC(Oc2nc(N)nc(-n3cncn3)n2)CC1. The fourth-order valence-corrected chi connectivity index (χ4v) is 2.47. The monoisotopic (exact) mass is 289 g/mol. The van der Waals surface area contributed by atoms with E-state index in [-0.39, 0.29) is 18.1 Å². The Balaban J connectivity index is 1.74. The van der Waals surface area contributed by atoms with Gasteiger partial charge in [0.15, 0.2) is 0 Å². The van der Waals surface area contributed by atoms with Crippen molar-refractivity contribution >= 4 is 5.95 Å². The maximum Gasteiger partial charge on any atom is 0.323 e. The van der Waals surface area contributed by atoms with Crippen LogP contribution >= 0.6 is 0 Å². The molecule has 3 rings (SSSR count). The lowest BCUT2D eigenvalue weighted by Gasteiger charge is -2.33. The summed E-state index contributed by atoms with van der Waals surface area (Å²) in [6.45, 7) is 4.57. The maximum atomic E-state index is 5.86. The summed E-state index contributed by atoms with van der Waals surface area (Å²) in [5.74, 6) is 0.424. The number of nitrogens with two attached hydrogens (primary N) is 1. The normalized spacial score (nSPS) is 18.6. The minimum Gasteiger partial charge on any atom is -0.460 e. The molecule has 0 bridgehead atoms. The van der Waals surface area contributed by atoms with Crippen LogP contribution in [0, 0.1) is 5.41 Å². The Morgan fingerprint density at radius 3 is 2.67 bits per heavy atom. The minimum atomic E-state index is 0.113. The molecular formula is C13H19N7O. The molecule has 2 aromatic rings. The van der Waals surface area contributed by atoms with Crippen molar-refractivity contribution in [2.75, 3.05) is 5.73 Å². The van der Waals surface area contributed by atoms with Crippen LogP contribution in [0.3, 0.4) is 0 Å². The highest BCUT2D eigenvalue weighted by Crippen LogP contribution is 2.36. The molecule has 1 saturated carbocycles. The summed E-state index contributed by atoms with van der Waals surface area (Å²) in [7, 11) is 0. The molecule has 0 saturated heterocycles. The first kappa shape index (κ1) is 13.7. The maximum absolute atomic E-state index is 5.86. The number of hydrogen-bond acceptors (Lipinski definition) is 7. The number of ether oxygens (including phenoxy) is 1. The highest BCUT2D eigenvalue weighted by Gasteiger charge is 2.28. The second kappa shape index (κ2) is 5.27. The summed E-state index contributed by atoms with van der Waals surface area (Å²) >= 11 is 0. The first-order chi connectivity index (χ1) is 10.0. The molecule has 0 unspecified atom stereocenters. The summed E-state index contributed by atoms with van der Waals surface area (Å²) in [5.41, 5.74) is 6.10. The lowest BCUT2D eigenvalue weighted by Crippen LogP contribution is -2.29. The third-order valence-corrected chi connectivity index (χ3v) is 3.80. The van der Waals surface area contributed by atoms with Crippen molar-refractivity contribution in [3.8, 4) is 12.0 Å². The van der Waals surface area contributed by atoms with Gasteiger partial charge in [-0.05, 0) is 31.1 Å². The molecule has 21 heavy (non-hydrogen) atoms. The second-order valence-electron chi connectivity index (χ2n) is 6.10. The second-order valence-corrected chi connectivity index (χ2v) is 6.10. The molecule has 0 radical (unpaired) electrons. The number of nitrogen functional groups attached to an aromatic ring is 1. The fourth-order valence-electron chi connectivity index (χ4n) is 2.47. The molecule has 0 amide bonds. The molecule has 0 aromatic carbocycles. The van der Waals surface area contributed by atoms with Crippen molar-refractivity contribution in [2.24, 2.45) is 5.41 Å². The Morgan fingerprint density at radius 1 is 1.24 bits per heavy atom. The molecule has 112 valence electrons. The van der Waals surface area contributed by atoms with Crippen LogP contribution in [0.4, 0.5) is 5.95 Å². The van der Waals surface area contributed by atoms with Crippen LogP contribution in [0.5, 0.6) is 6.01 Å². The smallest absolute Gasteiger partial charge is 0.323 e. The molecule has 2 heterocycles. The van der Waals surface area contributed by atoms with Crippen LogP contribution < -0.4 is 10.5 Å². The third kappa shape index (κ3) is 3.26. The van der Waals surface area contributed by atoms with Gasteiger partial charge in [-0.3, -0.25) is 0 Å². The van der Waals surface area contributed by atoms with Crippen molar-refractivity contribution in [3.05, 3.63) is 12.7 Å². The van der Waals surface area contributed by atoms with Crippen LogP contribution in [-0.2, 0) is 0 Å². The predicted octanol–water partition coefficient (Wildman–Crippen LogP) is 1.38. The number of aromatic nitrogens is 6. The number of hydrogen-bond donors (Lipinski definition) is 1. The average molecular weight is 289 g/mol. The van der Waals surface area contributed by atoms with Gasteiger partial charge in [-0.15, -0.1) is 0 Å². The molecule has 1 aliphatic carbocycles. The van der Waals surface area contributed by atoms with Gasteiger partial charge in [0.2, 0.25) is 5.95 Å². The van der Waals surface area contributed by atoms with Gasteiger partial charge in [0.1, 0.15) is 18.8 Å². The van der Waals surface area contributed by atoms with Gasteiger partial charge in [0.05, 0.1) is 0 Å². The van der Waals surface area contributed by atoms with Gasteiger partial charge >= 0.3 is 6.01 Å². The van der Waals surface area contributed by atoms with E-state index >= 15 is 0 Å². The quantitative estimate of drug-likeness (QED) is 0.910. The van der Waals surface area contributed by atoms with Crippen molar-refractivity contribution in [1.29, 1.82) is 0 Å². The first-order valence-corrected chi connectivity index (χ1v) is 7.05. The zero-order valence-electron chi connectivity index (χ0n) is 12.2. The topological polar surface area (TPSA) is 105 Å². The van der Waals surface area contributed by atoms with Crippen LogP contribution in [-0.4, -0.2) is 35.8 Å². The van der Waals surface area contributed by atoms with E-state index in [0.29, 0.717) is 11.4 Å². The molecule has 0 atom stereocenters. The highest BCUT2D eigenvalue weighted by atomic mass is 16.5. The van der Waals surface area contributed by atoms with Crippen molar-refractivity contribution < 1.29 is 4.74 Å². The molecular weight excluding hydrogens is 270 g/mol. The van der Waals surface area contributed by atoms with Crippen LogP contribution in [0.25, 0.3) is 5.95 Å². The van der Waals surface area contributed by atoms with E-state index in [4.69, 9.17) is 10.5 Å². The largest absolute Gasteiger partial charge is 0.460 e. The fraction of sp³-hybridized carbons (Fsp3) is 0.615. The minimum absolute atomic E-state index is 0.113. The van der Waals surface area contributed by atoms with E-state index in [2.05, 4.69) is 38.9 Å². The number of rotatable bonds is 3. The summed E-state index contributed by atoms with van der Waals surface area (Å²) in [6, 6.07) is 0.248. The highest BCUT2D eigenvalue weighted by molar-refractivity contribution is 5.24. The van der Waals surface area contributed by atoms with E-state index in [9.17, 15) is 0 Å². The Kier molecular flexibility index (Phi) is 3.44. The van der Waals surface area contributed by atoms with E-state index in [1.54, 1.807) is 0 Å². The lowest BCUT2D eigenvalue weighted by molar-refractivity contribution is 0.0905. The van der Waals surface area contributed by atoms with Gasteiger partial charge in [-0.25, -0.2) is 4.98 Å². The molecule has 0 spiro atoms. The number of nitrogens with zero attached hydrogens (tertiary/aromatic N) is 6. The van der Waals surface area contributed by atoms with Crippen LogP contribution in [0.1, 0.15) is 39.5 Å². The standard InChI is InChI=1S/C13H19N7O/c1-13(2)5-3-9(4-6-13)21-12-18-10(14)17-11(19-12)20-8-15-7-16-20/h7-9H,3-6H2,1-2H3,(H2,14,17,18,19). The summed E-state index contributed by atoms with van der Waals surface area (Å²) in [5, 5.41) is 3.98. The molecule has 1 fully saturated rings. The Morgan fingerprint density at radius 2 is 2.00 bits per heavy atom. The summed E-state index contributed by atoms with van der Waals surface area (Å²) in [6.07, 6.45) is 7.30. The van der Waals surface area contributed by atoms with Gasteiger partial charge < -0.3 is 10.5 Å². The Bertz CT molecular complexity index is 601. The van der Waals surface area contributed by atoms with Crippen LogP contribution in [0.2, 0.25) is 0 Å². The predicted molar refractivity (Wildman–Crippen MR) is 75.8 cm³/mol. The summed E-state index contributed by atoms with van der Waals surface area (Å²) < 4.78 is 7.29. The summed E-state index contributed by atoms with van der Waals surface area (Å²) in [4.78, 5) is 16.2. The number of anilines is 1. The van der Waals surface area contributed by atoms with Gasteiger partial charge in [0.25, 0.3) is 5.95 Å². The van der Waals surface area contributed by atoms with Gasteiger partial charge in [0, 0.05) is 0 Å². The van der Waals surface area contributed by atoms with Crippen LogP contribution in [0.15, 0.2) is 12.7 Å². The molecule has 8 heteroatoms. The molecule has 8 nitrogen and oxygen atoms in total. The van der Waals surface area contributed by atoms with E-state index < -0.39 is 0 Å². The first-order valence-electron chi connectivity index (χ1n) is 7.05. The van der Waals surface area contributed by atoms with Crippen molar-refractivity contribution in [3.63, 3.8) is 0 Å². The zero-order chi connectivity index (χ0) is 14.9. The Hall–Kier alpha value is -2.25. The van der Waals surface area contributed by atoms with E-state index in [1.807, 2.05) is 0 Å². The van der Waals surface area contributed by atoms with Crippen molar-refractivity contribution in [1.82, 2.24) is 29.7 Å². The molecule has 2 N–H and O–H groups in total. The lowest BCUT2D eigenvalue weighted by atomic mass is 9.76. The van der Waals surface area contributed by atoms with E-state index in [0.717, 1.165) is 25.7 Å². The Labute approximate surface area is 122 Å². The third-order valence-electron chi connectivity index (χ3n) is 3.80. The zero-order valence-corrected chi connectivity index (χ0v) is 12.2. The van der Waals surface area contributed by atoms with Crippen molar-refractivity contribution in [2.45, 2.75) is 45.6 Å². The van der Waals surface area contributed by atoms with E-state index in [1.165, 1.54) is 17.3 Å².